The normalized spacial score (nSPS) is 8.62. The van der Waals surface area contributed by atoms with Gasteiger partial charge in [0.05, 0.1) is 6.26 Å². The fraction of sp³-hybridized carbons (Fsp3) is 0.467. The highest BCUT2D eigenvalue weighted by molar-refractivity contribution is 5.26. The van der Waals surface area contributed by atoms with Gasteiger partial charge in [0.25, 0.3) is 0 Å². The van der Waals surface area contributed by atoms with Crippen molar-refractivity contribution < 1.29 is 4.74 Å². The van der Waals surface area contributed by atoms with Gasteiger partial charge in [0, 0.05) is 0 Å². The highest BCUT2D eigenvalue weighted by atomic mass is 16.5. The Morgan fingerprint density at radius 1 is 1.00 bits per heavy atom. The Kier molecular flexibility index (Phi) is 14.8. The van der Waals surface area contributed by atoms with E-state index in [4.69, 9.17) is 4.74 Å². The standard InChI is InChI=1S/C11H14O.2C2H6/c1-3-4-9-12-11-7-5-10(2)6-8-11;2*1-2/h4-9H,3H2,1-2H3;2*1-2H3/b9-4+;;. The average Bonchev–Trinajstić information content (AvgIpc) is 2.37. The van der Waals surface area contributed by atoms with E-state index < -0.39 is 0 Å². The summed E-state index contributed by atoms with van der Waals surface area (Å²) in [6, 6.07) is 8.01. The molecule has 1 aromatic carbocycles. The van der Waals surface area contributed by atoms with Gasteiger partial charge in [0.2, 0.25) is 0 Å². The van der Waals surface area contributed by atoms with Crippen molar-refractivity contribution in [2.24, 2.45) is 0 Å². The quantitative estimate of drug-likeness (QED) is 0.626. The van der Waals surface area contributed by atoms with E-state index in [2.05, 4.69) is 13.8 Å². The van der Waals surface area contributed by atoms with Crippen molar-refractivity contribution in [3.63, 3.8) is 0 Å². The van der Waals surface area contributed by atoms with Gasteiger partial charge < -0.3 is 4.74 Å². The van der Waals surface area contributed by atoms with Gasteiger partial charge in [-0.05, 0) is 31.6 Å². The molecule has 0 fully saturated rings. The second-order valence-electron chi connectivity index (χ2n) is 2.71. The summed E-state index contributed by atoms with van der Waals surface area (Å²) in [5.41, 5.74) is 1.25. The highest BCUT2D eigenvalue weighted by Crippen LogP contribution is 2.11. The zero-order valence-corrected chi connectivity index (χ0v) is 11.6. The first-order valence-corrected chi connectivity index (χ1v) is 6.21. The number of allylic oxidation sites excluding steroid dienone is 1. The summed E-state index contributed by atoms with van der Waals surface area (Å²) in [5.74, 6) is 0.894. The molecular formula is C15H26O. The lowest BCUT2D eigenvalue weighted by Crippen LogP contribution is -1.81. The molecule has 0 aromatic heterocycles. The van der Waals surface area contributed by atoms with Crippen molar-refractivity contribution in [3.8, 4) is 5.75 Å². The Bertz CT molecular complexity index is 247. The molecule has 0 heterocycles. The predicted octanol–water partition coefficient (Wildman–Crippen LogP) is 5.35. The van der Waals surface area contributed by atoms with Gasteiger partial charge in [-0.1, -0.05) is 52.3 Å². The fourth-order valence-electron chi connectivity index (χ4n) is 0.840. The maximum Gasteiger partial charge on any atom is 0.126 e. The molecule has 1 heteroatoms. The molecule has 0 bridgehead atoms. The van der Waals surface area contributed by atoms with Gasteiger partial charge in [-0.15, -0.1) is 0 Å². The molecule has 1 nitrogen and oxygen atoms in total. The van der Waals surface area contributed by atoms with Crippen LogP contribution in [0.15, 0.2) is 36.6 Å². The third kappa shape index (κ3) is 9.32. The molecule has 1 aromatic rings. The van der Waals surface area contributed by atoms with Gasteiger partial charge in [-0.2, -0.15) is 0 Å². The summed E-state index contributed by atoms with van der Waals surface area (Å²) < 4.78 is 5.32. The highest BCUT2D eigenvalue weighted by Gasteiger charge is 1.87. The summed E-state index contributed by atoms with van der Waals surface area (Å²) >= 11 is 0. The van der Waals surface area contributed by atoms with Crippen molar-refractivity contribution in [1.82, 2.24) is 0 Å². The van der Waals surface area contributed by atoms with Crippen LogP contribution in [0.3, 0.4) is 0 Å². The largest absolute Gasteiger partial charge is 0.465 e. The second kappa shape index (κ2) is 13.8. The molecule has 0 amide bonds. The topological polar surface area (TPSA) is 9.23 Å². The van der Waals surface area contributed by atoms with Crippen LogP contribution in [0, 0.1) is 6.92 Å². The van der Waals surface area contributed by atoms with Gasteiger partial charge in [-0.3, -0.25) is 0 Å². The monoisotopic (exact) mass is 222 g/mol. The Morgan fingerprint density at radius 3 is 1.94 bits per heavy atom. The van der Waals surface area contributed by atoms with Crippen LogP contribution in [0.1, 0.15) is 46.6 Å². The van der Waals surface area contributed by atoms with Crippen LogP contribution in [0.2, 0.25) is 0 Å². The first-order valence-electron chi connectivity index (χ1n) is 6.21. The number of hydrogen-bond acceptors (Lipinski definition) is 1. The number of benzene rings is 1. The zero-order chi connectivity index (χ0) is 12.8. The molecular weight excluding hydrogens is 196 g/mol. The molecule has 0 saturated carbocycles. The number of aryl methyl sites for hydroxylation is 1. The molecule has 0 atom stereocenters. The molecule has 0 N–H and O–H groups in total. The molecule has 0 saturated heterocycles. The Hall–Kier alpha value is -1.24. The van der Waals surface area contributed by atoms with E-state index in [0.29, 0.717) is 0 Å². The number of rotatable bonds is 3. The molecule has 0 unspecified atom stereocenters. The Morgan fingerprint density at radius 2 is 1.50 bits per heavy atom. The van der Waals surface area contributed by atoms with Crippen molar-refractivity contribution in [2.75, 3.05) is 0 Å². The molecule has 0 spiro atoms. The van der Waals surface area contributed by atoms with Crippen molar-refractivity contribution in [1.29, 1.82) is 0 Å². The Labute approximate surface area is 101 Å². The van der Waals surface area contributed by atoms with Gasteiger partial charge >= 0.3 is 0 Å². The van der Waals surface area contributed by atoms with Crippen LogP contribution in [0.4, 0.5) is 0 Å². The molecule has 0 aliphatic carbocycles. The maximum atomic E-state index is 5.32. The number of hydrogen-bond donors (Lipinski definition) is 0. The van der Waals surface area contributed by atoms with Crippen LogP contribution < -0.4 is 4.74 Å². The summed E-state index contributed by atoms with van der Waals surface area (Å²) in [4.78, 5) is 0. The first-order chi connectivity index (χ1) is 7.83. The SMILES string of the molecule is CC.CC.CC/C=C/Oc1ccc(C)cc1. The molecule has 1 rings (SSSR count). The van der Waals surface area contributed by atoms with Crippen LogP contribution in [-0.2, 0) is 0 Å². The summed E-state index contributed by atoms with van der Waals surface area (Å²) in [7, 11) is 0. The third-order valence-electron chi connectivity index (χ3n) is 1.56. The van der Waals surface area contributed by atoms with E-state index in [9.17, 15) is 0 Å². The molecule has 92 valence electrons. The molecule has 16 heavy (non-hydrogen) atoms. The zero-order valence-electron chi connectivity index (χ0n) is 11.6. The average molecular weight is 222 g/mol. The predicted molar refractivity (Wildman–Crippen MR) is 73.9 cm³/mol. The molecule has 0 aliphatic rings. The molecule has 0 aliphatic heterocycles. The van der Waals surface area contributed by atoms with E-state index in [0.717, 1.165) is 12.2 Å². The van der Waals surface area contributed by atoms with E-state index >= 15 is 0 Å². The summed E-state index contributed by atoms with van der Waals surface area (Å²) in [6.07, 6.45) is 4.72. The van der Waals surface area contributed by atoms with Crippen LogP contribution >= 0.6 is 0 Å². The minimum atomic E-state index is 0.894. The minimum Gasteiger partial charge on any atom is -0.465 e. The lowest BCUT2D eigenvalue weighted by atomic mass is 10.2. The van der Waals surface area contributed by atoms with E-state index in [-0.39, 0.29) is 0 Å². The van der Waals surface area contributed by atoms with Crippen LogP contribution in [0.5, 0.6) is 5.75 Å². The molecule has 0 radical (unpaired) electrons. The van der Waals surface area contributed by atoms with Crippen molar-refractivity contribution in [3.05, 3.63) is 42.2 Å². The first kappa shape index (κ1) is 17.2. The van der Waals surface area contributed by atoms with E-state index in [1.165, 1.54) is 5.56 Å². The van der Waals surface area contributed by atoms with Crippen molar-refractivity contribution >= 4 is 0 Å². The van der Waals surface area contributed by atoms with E-state index in [1.807, 2.05) is 58.0 Å². The van der Waals surface area contributed by atoms with Gasteiger partial charge in [-0.25, -0.2) is 0 Å². The lowest BCUT2D eigenvalue weighted by Gasteiger charge is -1.99. The maximum absolute atomic E-state index is 5.32. The van der Waals surface area contributed by atoms with Crippen LogP contribution in [0.25, 0.3) is 0 Å². The van der Waals surface area contributed by atoms with Crippen LogP contribution in [-0.4, -0.2) is 0 Å². The van der Waals surface area contributed by atoms with E-state index in [1.54, 1.807) is 6.26 Å². The van der Waals surface area contributed by atoms with Gasteiger partial charge in [0.1, 0.15) is 5.75 Å². The second-order valence-corrected chi connectivity index (χ2v) is 2.71. The third-order valence-corrected chi connectivity index (χ3v) is 1.56. The Balaban J connectivity index is 0. The summed E-state index contributed by atoms with van der Waals surface area (Å²) in [5, 5.41) is 0. The smallest absolute Gasteiger partial charge is 0.126 e. The number of ether oxygens (including phenoxy) is 1. The van der Waals surface area contributed by atoms with Gasteiger partial charge in [0.15, 0.2) is 0 Å². The summed E-state index contributed by atoms with van der Waals surface area (Å²) in [6.45, 7) is 12.1. The van der Waals surface area contributed by atoms with Crippen molar-refractivity contribution in [2.45, 2.75) is 48.0 Å². The lowest BCUT2D eigenvalue weighted by molar-refractivity contribution is 0.479. The minimum absolute atomic E-state index is 0.894. The fourth-order valence-corrected chi connectivity index (χ4v) is 0.840.